The average molecular weight is 626 g/mol. The highest BCUT2D eigenvalue weighted by molar-refractivity contribution is 6.16. The van der Waals surface area contributed by atoms with E-state index in [0.29, 0.717) is 5.82 Å². The zero-order valence-corrected chi connectivity index (χ0v) is 26.7. The smallest absolute Gasteiger partial charge is 0.160 e. The molecule has 0 aliphatic rings. The van der Waals surface area contributed by atoms with Crippen LogP contribution in [-0.2, 0) is 0 Å². The molecule has 0 aliphatic heterocycles. The molecule has 0 N–H and O–H groups in total. The lowest BCUT2D eigenvalue weighted by Gasteiger charge is -2.11. The van der Waals surface area contributed by atoms with Gasteiger partial charge in [-0.15, -0.1) is 0 Å². The topological polar surface area (TPSA) is 30.7 Å². The molecular weight excluding hydrogens is 595 g/mol. The monoisotopic (exact) mass is 625 g/mol. The van der Waals surface area contributed by atoms with Crippen molar-refractivity contribution < 1.29 is 0 Å². The van der Waals surface area contributed by atoms with E-state index in [9.17, 15) is 0 Å². The molecule has 9 aromatic rings. The summed E-state index contributed by atoms with van der Waals surface area (Å²) in [5.41, 5.74) is 13.1. The molecular formula is C46H31N3. The fourth-order valence-corrected chi connectivity index (χ4v) is 6.89. The number of benzene rings is 7. The first-order valence-electron chi connectivity index (χ1n) is 16.6. The van der Waals surface area contributed by atoms with E-state index in [1.54, 1.807) is 0 Å². The molecule has 2 heterocycles. The van der Waals surface area contributed by atoms with E-state index < -0.39 is 0 Å². The molecule has 0 fully saturated rings. The predicted molar refractivity (Wildman–Crippen MR) is 204 cm³/mol. The van der Waals surface area contributed by atoms with Gasteiger partial charge >= 0.3 is 0 Å². The van der Waals surface area contributed by atoms with Gasteiger partial charge in [-0.05, 0) is 64.7 Å². The van der Waals surface area contributed by atoms with Crippen molar-refractivity contribution in [3.63, 3.8) is 0 Å². The Balaban J connectivity index is 1.26. The van der Waals surface area contributed by atoms with E-state index in [1.165, 1.54) is 38.5 Å². The van der Waals surface area contributed by atoms with Crippen LogP contribution in [-0.4, -0.2) is 14.5 Å². The minimum atomic E-state index is 0.712. The highest BCUT2D eigenvalue weighted by Gasteiger charge is 2.18. The van der Waals surface area contributed by atoms with Crippen LogP contribution in [0.25, 0.3) is 83.6 Å². The van der Waals surface area contributed by atoms with Crippen molar-refractivity contribution in [3.8, 4) is 61.8 Å². The van der Waals surface area contributed by atoms with Crippen molar-refractivity contribution in [2.24, 2.45) is 0 Å². The Labute approximate surface area is 285 Å². The van der Waals surface area contributed by atoms with Gasteiger partial charge in [0.05, 0.1) is 22.4 Å². The fraction of sp³-hybridized carbons (Fsp3) is 0. The highest BCUT2D eigenvalue weighted by Crippen LogP contribution is 2.41. The Morgan fingerprint density at radius 3 is 1.63 bits per heavy atom. The summed E-state index contributed by atoms with van der Waals surface area (Å²) in [6.45, 7) is 0. The maximum atomic E-state index is 5.12. The highest BCUT2D eigenvalue weighted by atomic mass is 15.0. The van der Waals surface area contributed by atoms with Gasteiger partial charge in [0.1, 0.15) is 0 Å². The lowest BCUT2D eigenvalue weighted by atomic mass is 9.95. The molecule has 0 bridgehead atoms. The van der Waals surface area contributed by atoms with Crippen LogP contribution in [0.3, 0.4) is 0 Å². The van der Waals surface area contributed by atoms with Crippen LogP contribution in [0.15, 0.2) is 188 Å². The van der Waals surface area contributed by atoms with Crippen LogP contribution in [0.1, 0.15) is 0 Å². The number of hydrogen-bond donors (Lipinski definition) is 0. The van der Waals surface area contributed by atoms with Crippen LogP contribution < -0.4 is 0 Å². The largest absolute Gasteiger partial charge is 0.309 e. The molecule has 0 unspecified atom stereocenters. The lowest BCUT2D eigenvalue weighted by molar-refractivity contribution is 1.18. The number of aromatic nitrogens is 3. The third-order valence-electron chi connectivity index (χ3n) is 9.21. The Hall–Kier alpha value is -6.58. The number of para-hydroxylation sites is 1. The van der Waals surface area contributed by atoms with E-state index in [0.717, 1.165) is 39.3 Å². The first-order chi connectivity index (χ1) is 24.3. The molecule has 9 rings (SSSR count). The number of rotatable bonds is 6. The van der Waals surface area contributed by atoms with Crippen LogP contribution in [0.4, 0.5) is 0 Å². The zero-order valence-electron chi connectivity index (χ0n) is 26.7. The maximum Gasteiger partial charge on any atom is 0.160 e. The summed E-state index contributed by atoms with van der Waals surface area (Å²) >= 11 is 0. The van der Waals surface area contributed by atoms with Gasteiger partial charge in [0, 0.05) is 33.2 Å². The van der Waals surface area contributed by atoms with Gasteiger partial charge in [-0.3, -0.25) is 0 Å². The Kier molecular flexibility index (Phi) is 7.14. The van der Waals surface area contributed by atoms with E-state index in [4.69, 9.17) is 9.97 Å². The van der Waals surface area contributed by atoms with Gasteiger partial charge in [0.2, 0.25) is 0 Å². The number of hydrogen-bond acceptors (Lipinski definition) is 2. The lowest BCUT2D eigenvalue weighted by Crippen LogP contribution is -1.96. The standard InChI is InChI=1S/C46H31N3/c1-5-15-32(16-6-1)35-27-28-43-40(30-35)45-39(25-14-26-44(45)49(43)38-23-11-4-12-24-38)36-21-13-22-37(29-36)42-31-41(33-17-7-2-8-18-33)47-46(48-42)34-19-9-3-10-20-34/h1-31H. The zero-order chi connectivity index (χ0) is 32.6. The molecule has 0 saturated heterocycles. The summed E-state index contributed by atoms with van der Waals surface area (Å²) in [5, 5.41) is 2.45. The molecule has 2 aromatic heterocycles. The first kappa shape index (κ1) is 28.6. The quantitative estimate of drug-likeness (QED) is 0.184. The molecule has 0 spiro atoms. The van der Waals surface area contributed by atoms with E-state index in [1.807, 2.05) is 24.3 Å². The third-order valence-corrected chi connectivity index (χ3v) is 9.21. The molecule has 3 heteroatoms. The van der Waals surface area contributed by atoms with Crippen molar-refractivity contribution in [2.45, 2.75) is 0 Å². The molecule has 0 aliphatic carbocycles. The number of nitrogens with zero attached hydrogens (tertiary/aromatic N) is 3. The predicted octanol–water partition coefficient (Wildman–Crippen LogP) is 11.9. The fourth-order valence-electron chi connectivity index (χ4n) is 6.89. The van der Waals surface area contributed by atoms with Crippen molar-refractivity contribution >= 4 is 21.8 Å². The molecule has 49 heavy (non-hydrogen) atoms. The Morgan fingerprint density at radius 1 is 0.347 bits per heavy atom. The number of fused-ring (bicyclic) bond motifs is 3. The molecule has 0 amide bonds. The van der Waals surface area contributed by atoms with E-state index >= 15 is 0 Å². The SMILES string of the molecule is c1ccc(-c2ccc3c(c2)c2c(-c4cccc(-c5cc(-c6ccccc6)nc(-c6ccccc6)n5)c4)cccc2n3-c2ccccc2)cc1. The van der Waals surface area contributed by atoms with E-state index in [2.05, 4.69) is 168 Å². The molecule has 0 radical (unpaired) electrons. The molecule has 7 aromatic carbocycles. The van der Waals surface area contributed by atoms with Crippen molar-refractivity contribution in [1.29, 1.82) is 0 Å². The summed E-state index contributed by atoms with van der Waals surface area (Å²) in [4.78, 5) is 10.1. The van der Waals surface area contributed by atoms with Crippen LogP contribution in [0.5, 0.6) is 0 Å². The van der Waals surface area contributed by atoms with Crippen LogP contribution in [0, 0.1) is 0 Å². The van der Waals surface area contributed by atoms with Gasteiger partial charge in [0.25, 0.3) is 0 Å². The molecule has 230 valence electrons. The van der Waals surface area contributed by atoms with Gasteiger partial charge in [0.15, 0.2) is 5.82 Å². The van der Waals surface area contributed by atoms with Gasteiger partial charge in [-0.25, -0.2) is 9.97 Å². The van der Waals surface area contributed by atoms with Gasteiger partial charge in [-0.1, -0.05) is 146 Å². The van der Waals surface area contributed by atoms with Crippen molar-refractivity contribution in [1.82, 2.24) is 14.5 Å². The van der Waals surface area contributed by atoms with Gasteiger partial charge in [-0.2, -0.15) is 0 Å². The minimum Gasteiger partial charge on any atom is -0.309 e. The summed E-state index contributed by atoms with van der Waals surface area (Å²) in [7, 11) is 0. The first-order valence-corrected chi connectivity index (χ1v) is 16.6. The Bertz CT molecular complexity index is 2510. The molecule has 0 atom stereocenters. The minimum absolute atomic E-state index is 0.712. The van der Waals surface area contributed by atoms with Crippen molar-refractivity contribution in [3.05, 3.63) is 188 Å². The molecule has 0 saturated carbocycles. The van der Waals surface area contributed by atoms with Gasteiger partial charge < -0.3 is 4.57 Å². The van der Waals surface area contributed by atoms with Crippen LogP contribution in [0.2, 0.25) is 0 Å². The van der Waals surface area contributed by atoms with Crippen molar-refractivity contribution in [2.75, 3.05) is 0 Å². The summed E-state index contributed by atoms with van der Waals surface area (Å²) in [5.74, 6) is 0.712. The average Bonchev–Trinajstić information content (AvgIpc) is 3.53. The van der Waals surface area contributed by atoms with E-state index in [-0.39, 0.29) is 0 Å². The normalized spacial score (nSPS) is 11.3. The Morgan fingerprint density at radius 2 is 0.918 bits per heavy atom. The summed E-state index contributed by atoms with van der Waals surface area (Å²) < 4.78 is 2.38. The summed E-state index contributed by atoms with van der Waals surface area (Å²) in [6.07, 6.45) is 0. The second-order valence-corrected chi connectivity index (χ2v) is 12.2. The molecule has 3 nitrogen and oxygen atoms in total. The second-order valence-electron chi connectivity index (χ2n) is 12.2. The maximum absolute atomic E-state index is 5.12. The third kappa shape index (κ3) is 5.28. The van der Waals surface area contributed by atoms with Crippen LogP contribution >= 0.6 is 0 Å². The summed E-state index contributed by atoms with van der Waals surface area (Å²) in [6, 6.07) is 66.2. The second kappa shape index (κ2) is 12.2.